The minimum absolute atomic E-state index is 0.130. The summed E-state index contributed by atoms with van der Waals surface area (Å²) in [7, 11) is 1.65. The van der Waals surface area contributed by atoms with Gasteiger partial charge in [-0.3, -0.25) is 4.98 Å². The highest BCUT2D eigenvalue weighted by Gasteiger charge is 2.24. The van der Waals surface area contributed by atoms with E-state index in [0.29, 0.717) is 12.5 Å². The van der Waals surface area contributed by atoms with Gasteiger partial charge in [-0.05, 0) is 32.3 Å². The topological polar surface area (TPSA) is 60.2 Å². The smallest absolute Gasteiger partial charge is 0.160 e. The molecule has 1 rings (SSSR count). The molecule has 1 heterocycles. The van der Waals surface area contributed by atoms with Gasteiger partial charge in [0.05, 0.1) is 19.0 Å². The highest BCUT2D eigenvalue weighted by Crippen LogP contribution is 2.29. The van der Waals surface area contributed by atoms with Crippen molar-refractivity contribution in [1.82, 2.24) is 4.98 Å². The monoisotopic (exact) mass is 251 g/mol. The summed E-state index contributed by atoms with van der Waals surface area (Å²) < 4.78 is 5.33. The Balaban J connectivity index is 2.96. The van der Waals surface area contributed by atoms with E-state index in [1.807, 2.05) is 13.0 Å². The van der Waals surface area contributed by atoms with Crippen molar-refractivity contribution < 1.29 is 4.74 Å². The quantitative estimate of drug-likeness (QED) is 0.816. The van der Waals surface area contributed by atoms with Gasteiger partial charge in [0.1, 0.15) is 0 Å². The van der Waals surface area contributed by atoms with Crippen molar-refractivity contribution >= 4 is 5.69 Å². The first-order chi connectivity index (χ1) is 8.40. The van der Waals surface area contributed by atoms with Crippen molar-refractivity contribution in [2.75, 3.05) is 19.0 Å². The Hall–Kier alpha value is -1.29. The number of ether oxygens (including phenoxy) is 1. The number of methoxy groups -OCH3 is 1. The molecule has 0 radical (unpaired) electrons. The zero-order chi connectivity index (χ0) is 13.8. The van der Waals surface area contributed by atoms with Gasteiger partial charge in [-0.15, -0.1) is 0 Å². The standard InChI is InChI=1S/C14H25N3O/c1-10(2)7-14(4,9-15)17-12-6-11(3)16-8-13(12)18-5/h6,8,10H,7,9,15H2,1-5H3,(H,16,17). The van der Waals surface area contributed by atoms with Crippen LogP contribution in [0.25, 0.3) is 0 Å². The molecule has 0 amide bonds. The first-order valence-corrected chi connectivity index (χ1v) is 6.39. The lowest BCUT2D eigenvalue weighted by Gasteiger charge is -2.33. The predicted octanol–water partition coefficient (Wildman–Crippen LogP) is 2.57. The third-order valence-corrected chi connectivity index (χ3v) is 2.97. The van der Waals surface area contributed by atoms with E-state index in [1.165, 1.54) is 0 Å². The molecule has 3 N–H and O–H groups in total. The minimum atomic E-state index is -0.130. The van der Waals surface area contributed by atoms with Crippen LogP contribution in [-0.4, -0.2) is 24.2 Å². The number of aryl methyl sites for hydroxylation is 1. The van der Waals surface area contributed by atoms with E-state index < -0.39 is 0 Å². The maximum absolute atomic E-state index is 5.91. The van der Waals surface area contributed by atoms with E-state index in [9.17, 15) is 0 Å². The average Bonchev–Trinajstić information content (AvgIpc) is 2.28. The number of pyridine rings is 1. The van der Waals surface area contributed by atoms with Gasteiger partial charge in [0.25, 0.3) is 0 Å². The molecular weight excluding hydrogens is 226 g/mol. The van der Waals surface area contributed by atoms with E-state index in [2.05, 4.69) is 31.1 Å². The van der Waals surface area contributed by atoms with Gasteiger partial charge in [0.2, 0.25) is 0 Å². The zero-order valence-electron chi connectivity index (χ0n) is 12.1. The third-order valence-electron chi connectivity index (χ3n) is 2.97. The highest BCUT2D eigenvalue weighted by atomic mass is 16.5. The normalized spacial score (nSPS) is 14.4. The second kappa shape index (κ2) is 6.05. The average molecular weight is 251 g/mol. The molecule has 1 atom stereocenters. The molecule has 0 fully saturated rings. The van der Waals surface area contributed by atoms with Crippen LogP contribution in [0.5, 0.6) is 5.75 Å². The highest BCUT2D eigenvalue weighted by molar-refractivity contribution is 5.57. The lowest BCUT2D eigenvalue weighted by molar-refractivity contribution is 0.394. The maximum Gasteiger partial charge on any atom is 0.160 e. The third kappa shape index (κ3) is 3.88. The molecule has 102 valence electrons. The molecule has 0 bridgehead atoms. The second-order valence-corrected chi connectivity index (χ2v) is 5.51. The van der Waals surface area contributed by atoms with Crippen LogP contribution < -0.4 is 15.8 Å². The van der Waals surface area contributed by atoms with Gasteiger partial charge in [0.15, 0.2) is 5.75 Å². The molecule has 0 saturated heterocycles. The van der Waals surface area contributed by atoms with E-state index in [0.717, 1.165) is 23.6 Å². The Labute approximate surface area is 110 Å². The number of rotatable bonds is 6. The Morgan fingerprint density at radius 1 is 1.50 bits per heavy atom. The van der Waals surface area contributed by atoms with Crippen LogP contribution in [0.4, 0.5) is 5.69 Å². The summed E-state index contributed by atoms with van der Waals surface area (Å²) in [5.74, 6) is 1.34. The first-order valence-electron chi connectivity index (χ1n) is 6.39. The molecule has 18 heavy (non-hydrogen) atoms. The second-order valence-electron chi connectivity index (χ2n) is 5.51. The van der Waals surface area contributed by atoms with Crippen molar-refractivity contribution in [2.24, 2.45) is 11.7 Å². The van der Waals surface area contributed by atoms with E-state index in [1.54, 1.807) is 13.3 Å². The summed E-state index contributed by atoms with van der Waals surface area (Å²) in [6, 6.07) is 1.99. The van der Waals surface area contributed by atoms with Crippen molar-refractivity contribution in [1.29, 1.82) is 0 Å². The number of aromatic nitrogens is 1. The van der Waals surface area contributed by atoms with Crippen LogP contribution in [0, 0.1) is 12.8 Å². The molecule has 0 saturated carbocycles. The zero-order valence-corrected chi connectivity index (χ0v) is 12.1. The van der Waals surface area contributed by atoms with Crippen LogP contribution in [-0.2, 0) is 0 Å². The predicted molar refractivity (Wildman–Crippen MR) is 76.1 cm³/mol. The SMILES string of the molecule is COc1cnc(C)cc1NC(C)(CN)CC(C)C. The Morgan fingerprint density at radius 2 is 2.17 bits per heavy atom. The van der Waals surface area contributed by atoms with Gasteiger partial charge in [-0.25, -0.2) is 0 Å². The molecular formula is C14H25N3O. The molecule has 4 heteroatoms. The van der Waals surface area contributed by atoms with Crippen molar-refractivity contribution in [2.45, 2.75) is 39.7 Å². The number of nitrogens with two attached hydrogens (primary N) is 1. The minimum Gasteiger partial charge on any atom is -0.493 e. The van der Waals surface area contributed by atoms with E-state index in [4.69, 9.17) is 10.5 Å². The number of nitrogens with one attached hydrogen (secondary N) is 1. The molecule has 4 nitrogen and oxygen atoms in total. The van der Waals surface area contributed by atoms with E-state index in [-0.39, 0.29) is 5.54 Å². The number of nitrogens with zero attached hydrogens (tertiary/aromatic N) is 1. The Morgan fingerprint density at radius 3 is 2.67 bits per heavy atom. The lowest BCUT2D eigenvalue weighted by Crippen LogP contribution is -2.43. The fraction of sp³-hybridized carbons (Fsp3) is 0.643. The van der Waals surface area contributed by atoms with Gasteiger partial charge < -0.3 is 15.8 Å². The van der Waals surface area contributed by atoms with Crippen molar-refractivity contribution in [3.63, 3.8) is 0 Å². The molecule has 1 unspecified atom stereocenters. The molecule has 0 aliphatic heterocycles. The number of hydrogen-bond donors (Lipinski definition) is 2. The largest absolute Gasteiger partial charge is 0.493 e. The molecule has 0 aliphatic carbocycles. The van der Waals surface area contributed by atoms with Crippen molar-refractivity contribution in [3.8, 4) is 5.75 Å². The Bertz CT molecular complexity index is 393. The number of anilines is 1. The van der Waals surface area contributed by atoms with Crippen LogP contribution in [0.2, 0.25) is 0 Å². The molecule has 1 aromatic heterocycles. The molecule has 0 aliphatic rings. The number of hydrogen-bond acceptors (Lipinski definition) is 4. The summed E-state index contributed by atoms with van der Waals surface area (Å²) in [6.07, 6.45) is 2.75. The summed E-state index contributed by atoms with van der Waals surface area (Å²) in [6.45, 7) is 9.08. The fourth-order valence-electron chi connectivity index (χ4n) is 2.22. The van der Waals surface area contributed by atoms with Crippen LogP contribution in [0.1, 0.15) is 32.9 Å². The van der Waals surface area contributed by atoms with Crippen LogP contribution >= 0.6 is 0 Å². The molecule has 0 aromatic carbocycles. The fourth-order valence-corrected chi connectivity index (χ4v) is 2.22. The van der Waals surface area contributed by atoms with Gasteiger partial charge >= 0.3 is 0 Å². The maximum atomic E-state index is 5.91. The molecule has 0 spiro atoms. The first kappa shape index (κ1) is 14.8. The summed E-state index contributed by atoms with van der Waals surface area (Å²) in [5.41, 5.74) is 7.70. The van der Waals surface area contributed by atoms with Crippen LogP contribution in [0.15, 0.2) is 12.3 Å². The molecule has 1 aromatic rings. The summed E-state index contributed by atoms with van der Waals surface area (Å²) in [4.78, 5) is 4.23. The van der Waals surface area contributed by atoms with Crippen molar-refractivity contribution in [3.05, 3.63) is 18.0 Å². The van der Waals surface area contributed by atoms with E-state index >= 15 is 0 Å². The van der Waals surface area contributed by atoms with Crippen LogP contribution in [0.3, 0.4) is 0 Å². The Kier molecular flexibility index (Phi) is 4.96. The van der Waals surface area contributed by atoms with Gasteiger partial charge in [0, 0.05) is 17.8 Å². The van der Waals surface area contributed by atoms with Gasteiger partial charge in [-0.2, -0.15) is 0 Å². The summed E-state index contributed by atoms with van der Waals surface area (Å²) in [5, 5.41) is 3.51. The lowest BCUT2D eigenvalue weighted by atomic mass is 9.90. The summed E-state index contributed by atoms with van der Waals surface area (Å²) >= 11 is 0. The van der Waals surface area contributed by atoms with Gasteiger partial charge in [-0.1, -0.05) is 13.8 Å².